The minimum atomic E-state index is -0.249. The van der Waals surface area contributed by atoms with E-state index in [2.05, 4.69) is 10.3 Å². The first-order valence-corrected chi connectivity index (χ1v) is 9.75. The summed E-state index contributed by atoms with van der Waals surface area (Å²) in [6.07, 6.45) is 5.26. The maximum absolute atomic E-state index is 12.8. The average molecular weight is 406 g/mol. The molecule has 0 spiro atoms. The lowest BCUT2D eigenvalue weighted by Gasteiger charge is -2.18. The average Bonchev–Trinajstić information content (AvgIpc) is 3.15. The zero-order chi connectivity index (χ0) is 18.4. The Labute approximate surface area is 166 Å². The van der Waals surface area contributed by atoms with E-state index in [9.17, 15) is 4.79 Å². The van der Waals surface area contributed by atoms with Gasteiger partial charge in [-0.2, -0.15) is 0 Å². The molecule has 1 heterocycles. The second kappa shape index (κ2) is 9.12. The molecule has 0 aliphatic heterocycles. The minimum Gasteiger partial charge on any atom is -0.337 e. The maximum Gasteiger partial charge on any atom is 0.230 e. The molecule has 0 aliphatic carbocycles. The monoisotopic (exact) mass is 405 g/mol. The molecular formula is C19H17Cl2N3OS. The summed E-state index contributed by atoms with van der Waals surface area (Å²) in [7, 11) is 0. The zero-order valence-electron chi connectivity index (χ0n) is 13.8. The number of nitrogens with zero attached hydrogens (tertiary/aromatic N) is 2. The first-order chi connectivity index (χ1) is 12.6. The van der Waals surface area contributed by atoms with Crippen molar-refractivity contribution in [2.45, 2.75) is 11.4 Å². The molecule has 7 heteroatoms. The smallest absolute Gasteiger partial charge is 0.230 e. The number of anilines is 1. The number of halogens is 2. The third-order valence-corrected chi connectivity index (χ3v) is 5.47. The van der Waals surface area contributed by atoms with Gasteiger partial charge in [0, 0.05) is 34.6 Å². The molecule has 4 nitrogen and oxygen atoms in total. The van der Waals surface area contributed by atoms with Crippen molar-refractivity contribution >= 4 is 46.6 Å². The van der Waals surface area contributed by atoms with E-state index in [1.54, 1.807) is 42.5 Å². The van der Waals surface area contributed by atoms with E-state index < -0.39 is 0 Å². The number of rotatable bonds is 7. The van der Waals surface area contributed by atoms with Crippen LogP contribution in [0, 0.1) is 5.92 Å². The number of aromatic nitrogens is 2. The molecule has 0 saturated heterocycles. The lowest BCUT2D eigenvalue weighted by molar-refractivity contribution is -0.119. The Bertz CT molecular complexity index is 856. The van der Waals surface area contributed by atoms with Crippen LogP contribution < -0.4 is 5.32 Å². The van der Waals surface area contributed by atoms with Gasteiger partial charge in [0.1, 0.15) is 0 Å². The van der Waals surface area contributed by atoms with Crippen LogP contribution in [0.5, 0.6) is 0 Å². The van der Waals surface area contributed by atoms with Gasteiger partial charge in [0.05, 0.1) is 23.0 Å². The molecule has 3 rings (SSSR count). The van der Waals surface area contributed by atoms with Crippen LogP contribution >= 0.6 is 35.0 Å². The molecule has 0 saturated carbocycles. The fourth-order valence-corrected chi connectivity index (χ4v) is 3.86. The van der Waals surface area contributed by atoms with Gasteiger partial charge in [-0.3, -0.25) is 4.79 Å². The first kappa shape index (κ1) is 18.8. The molecule has 2 aromatic carbocycles. The van der Waals surface area contributed by atoms with Crippen molar-refractivity contribution in [2.75, 3.05) is 11.1 Å². The Morgan fingerprint density at radius 1 is 1.19 bits per heavy atom. The fraction of sp³-hybridized carbons (Fsp3) is 0.158. The van der Waals surface area contributed by atoms with Crippen molar-refractivity contribution in [2.24, 2.45) is 5.92 Å². The van der Waals surface area contributed by atoms with Crippen LogP contribution in [-0.4, -0.2) is 21.2 Å². The van der Waals surface area contributed by atoms with Crippen molar-refractivity contribution in [3.8, 4) is 0 Å². The summed E-state index contributed by atoms with van der Waals surface area (Å²) in [5.74, 6) is 0.298. The Morgan fingerprint density at radius 3 is 2.69 bits per heavy atom. The second-order valence-corrected chi connectivity index (χ2v) is 7.63. The van der Waals surface area contributed by atoms with Gasteiger partial charge in [-0.15, -0.1) is 11.8 Å². The number of amides is 1. The molecule has 1 N–H and O–H groups in total. The fourth-order valence-electron chi connectivity index (χ4n) is 2.40. The summed E-state index contributed by atoms with van der Waals surface area (Å²) >= 11 is 13.7. The van der Waals surface area contributed by atoms with Crippen LogP contribution in [-0.2, 0) is 11.3 Å². The van der Waals surface area contributed by atoms with E-state index in [0.29, 0.717) is 28.0 Å². The molecule has 0 fully saturated rings. The molecule has 1 atom stereocenters. The number of hydrogen-bond donors (Lipinski definition) is 1. The highest BCUT2D eigenvalue weighted by Gasteiger charge is 2.20. The predicted octanol–water partition coefficient (Wildman–Crippen LogP) is 5.24. The van der Waals surface area contributed by atoms with Gasteiger partial charge in [0.25, 0.3) is 0 Å². The van der Waals surface area contributed by atoms with E-state index in [0.717, 1.165) is 4.90 Å². The molecule has 0 aliphatic rings. The third kappa shape index (κ3) is 5.27. The van der Waals surface area contributed by atoms with Crippen molar-refractivity contribution in [3.63, 3.8) is 0 Å². The summed E-state index contributed by atoms with van der Waals surface area (Å²) in [6.45, 7) is 0.539. The van der Waals surface area contributed by atoms with Crippen molar-refractivity contribution in [1.29, 1.82) is 0 Å². The molecule has 3 aromatic rings. The van der Waals surface area contributed by atoms with Crippen LogP contribution in [0.2, 0.25) is 10.0 Å². The first-order valence-electron chi connectivity index (χ1n) is 8.01. The highest BCUT2D eigenvalue weighted by Crippen LogP contribution is 2.27. The Hall–Kier alpha value is -1.95. The third-order valence-electron chi connectivity index (χ3n) is 3.74. The summed E-state index contributed by atoms with van der Waals surface area (Å²) in [4.78, 5) is 18.0. The van der Waals surface area contributed by atoms with Crippen molar-refractivity contribution in [1.82, 2.24) is 9.55 Å². The van der Waals surface area contributed by atoms with Crippen LogP contribution in [0.3, 0.4) is 0 Å². The van der Waals surface area contributed by atoms with Gasteiger partial charge >= 0.3 is 0 Å². The Kier molecular flexibility index (Phi) is 6.61. The Balaban J connectivity index is 1.71. The molecule has 1 amide bonds. The quantitative estimate of drug-likeness (QED) is 0.546. The number of imidazole rings is 1. The standard InChI is InChI=1S/C19H17Cl2N3OS/c20-15-6-7-18(17(21)10-15)23-19(25)14(11-24-9-8-22-13-24)12-26-16-4-2-1-3-5-16/h1-10,13-14H,11-12H2,(H,23,25). The van der Waals surface area contributed by atoms with Crippen LogP contribution in [0.4, 0.5) is 5.69 Å². The molecule has 134 valence electrons. The van der Waals surface area contributed by atoms with Crippen LogP contribution in [0.25, 0.3) is 0 Å². The van der Waals surface area contributed by atoms with Gasteiger partial charge in [-0.25, -0.2) is 4.98 Å². The van der Waals surface area contributed by atoms with Crippen LogP contribution in [0.1, 0.15) is 0 Å². The number of carbonyl (C=O) groups is 1. The lowest BCUT2D eigenvalue weighted by Crippen LogP contribution is -2.28. The van der Waals surface area contributed by atoms with Crippen LogP contribution in [0.15, 0.2) is 72.1 Å². The second-order valence-electron chi connectivity index (χ2n) is 5.69. The van der Waals surface area contributed by atoms with E-state index in [4.69, 9.17) is 23.2 Å². The molecule has 1 aromatic heterocycles. The van der Waals surface area contributed by atoms with E-state index in [1.807, 2.05) is 41.1 Å². The van der Waals surface area contributed by atoms with Gasteiger partial charge in [-0.05, 0) is 30.3 Å². The molecule has 26 heavy (non-hydrogen) atoms. The van der Waals surface area contributed by atoms with E-state index in [1.165, 1.54) is 0 Å². The molecule has 0 radical (unpaired) electrons. The summed E-state index contributed by atoms with van der Waals surface area (Å²) in [5, 5.41) is 3.86. The highest BCUT2D eigenvalue weighted by molar-refractivity contribution is 7.99. The molecular weight excluding hydrogens is 389 g/mol. The van der Waals surface area contributed by atoms with E-state index in [-0.39, 0.29) is 11.8 Å². The van der Waals surface area contributed by atoms with Gasteiger partial charge in [0.15, 0.2) is 0 Å². The minimum absolute atomic E-state index is 0.0913. The van der Waals surface area contributed by atoms with E-state index >= 15 is 0 Å². The number of thioether (sulfide) groups is 1. The SMILES string of the molecule is O=C(Nc1ccc(Cl)cc1Cl)C(CSc1ccccc1)Cn1ccnc1. The summed E-state index contributed by atoms with van der Waals surface area (Å²) in [5.41, 5.74) is 0.557. The molecule has 1 unspecified atom stereocenters. The number of hydrogen-bond acceptors (Lipinski definition) is 3. The largest absolute Gasteiger partial charge is 0.337 e. The topological polar surface area (TPSA) is 46.9 Å². The van der Waals surface area contributed by atoms with Gasteiger partial charge in [0.2, 0.25) is 5.91 Å². The van der Waals surface area contributed by atoms with Gasteiger partial charge < -0.3 is 9.88 Å². The van der Waals surface area contributed by atoms with Gasteiger partial charge in [-0.1, -0.05) is 41.4 Å². The molecule has 0 bridgehead atoms. The van der Waals surface area contributed by atoms with Crippen molar-refractivity contribution in [3.05, 3.63) is 77.3 Å². The number of nitrogens with one attached hydrogen (secondary N) is 1. The summed E-state index contributed by atoms with van der Waals surface area (Å²) in [6, 6.07) is 15.0. The van der Waals surface area contributed by atoms with Crippen molar-refractivity contribution < 1.29 is 4.79 Å². The Morgan fingerprint density at radius 2 is 2.00 bits per heavy atom. The maximum atomic E-state index is 12.8. The highest BCUT2D eigenvalue weighted by atomic mass is 35.5. The normalized spacial score (nSPS) is 11.9. The number of carbonyl (C=O) groups excluding carboxylic acids is 1. The predicted molar refractivity (Wildman–Crippen MR) is 108 cm³/mol. The summed E-state index contributed by atoms with van der Waals surface area (Å²) < 4.78 is 1.90. The zero-order valence-corrected chi connectivity index (χ0v) is 16.1. The lowest BCUT2D eigenvalue weighted by atomic mass is 10.1. The number of benzene rings is 2.